The first-order valence-electron chi connectivity index (χ1n) is 6.45. The van der Waals surface area contributed by atoms with Crippen LogP contribution in [0.25, 0.3) is 0 Å². The summed E-state index contributed by atoms with van der Waals surface area (Å²) in [5, 5.41) is 12.9. The summed E-state index contributed by atoms with van der Waals surface area (Å²) in [5.74, 6) is 0.497. The van der Waals surface area contributed by atoms with Crippen molar-refractivity contribution in [1.82, 2.24) is 14.9 Å². The van der Waals surface area contributed by atoms with E-state index < -0.39 is 5.54 Å². The zero-order valence-electron chi connectivity index (χ0n) is 11.2. The van der Waals surface area contributed by atoms with Gasteiger partial charge >= 0.3 is 0 Å². The molecule has 1 aromatic rings. The van der Waals surface area contributed by atoms with Crippen LogP contribution < -0.4 is 5.32 Å². The van der Waals surface area contributed by atoms with E-state index in [2.05, 4.69) is 16.4 Å². The average molecular weight is 278 g/mol. The third kappa shape index (κ3) is 3.29. The molecule has 1 saturated carbocycles. The van der Waals surface area contributed by atoms with Gasteiger partial charge in [-0.3, -0.25) is 4.79 Å². The summed E-state index contributed by atoms with van der Waals surface area (Å²) in [5.41, 5.74) is -0.710. The van der Waals surface area contributed by atoms with Crippen molar-refractivity contribution in [2.75, 3.05) is 5.75 Å². The standard InChI is InChI=1S/C13H18N4OS/c1-3-17-7-6-15-12(17)19-8-11(18)16-13(2,9-14)10-4-5-10/h6-7,10H,3-5,8H2,1-2H3,(H,16,18). The molecular formula is C13H18N4OS. The van der Waals surface area contributed by atoms with Crippen LogP contribution in [0.1, 0.15) is 26.7 Å². The van der Waals surface area contributed by atoms with Gasteiger partial charge in [-0.25, -0.2) is 4.98 Å². The number of nitrogens with zero attached hydrogens (tertiary/aromatic N) is 3. The lowest BCUT2D eigenvalue weighted by atomic mass is 9.98. The SMILES string of the molecule is CCn1ccnc1SCC(=O)NC(C)(C#N)C1CC1. The number of thioether (sulfide) groups is 1. The molecule has 2 rings (SSSR count). The molecule has 1 heterocycles. The molecule has 1 aliphatic rings. The second-order valence-electron chi connectivity index (χ2n) is 4.92. The molecule has 0 bridgehead atoms. The second-order valence-corrected chi connectivity index (χ2v) is 5.86. The van der Waals surface area contributed by atoms with Crippen LogP contribution in [-0.2, 0) is 11.3 Å². The van der Waals surface area contributed by atoms with E-state index in [1.807, 2.05) is 17.7 Å². The Morgan fingerprint density at radius 3 is 3.05 bits per heavy atom. The summed E-state index contributed by atoms with van der Waals surface area (Å²) in [4.78, 5) is 16.1. The fraction of sp³-hybridized carbons (Fsp3) is 0.615. The first-order valence-corrected chi connectivity index (χ1v) is 7.44. The van der Waals surface area contributed by atoms with Gasteiger partial charge in [0.25, 0.3) is 0 Å². The molecule has 1 N–H and O–H groups in total. The number of nitrogens with one attached hydrogen (secondary N) is 1. The number of imidazole rings is 1. The number of aromatic nitrogens is 2. The molecule has 19 heavy (non-hydrogen) atoms. The molecule has 0 aliphatic heterocycles. The number of carbonyl (C=O) groups excluding carboxylic acids is 1. The minimum Gasteiger partial charge on any atom is -0.337 e. The first kappa shape index (κ1) is 13.9. The van der Waals surface area contributed by atoms with E-state index in [0.717, 1.165) is 24.5 Å². The number of nitriles is 1. The molecule has 0 aromatic carbocycles. The Balaban J connectivity index is 1.86. The summed E-state index contributed by atoms with van der Waals surface area (Å²) in [6.45, 7) is 4.67. The van der Waals surface area contributed by atoms with E-state index in [1.54, 1.807) is 13.1 Å². The molecule has 1 amide bonds. The Morgan fingerprint density at radius 1 is 1.74 bits per heavy atom. The van der Waals surface area contributed by atoms with E-state index >= 15 is 0 Å². The third-order valence-electron chi connectivity index (χ3n) is 3.38. The lowest BCUT2D eigenvalue weighted by molar-refractivity contribution is -0.119. The second kappa shape index (κ2) is 5.66. The molecule has 1 aromatic heterocycles. The van der Waals surface area contributed by atoms with Crippen LogP contribution in [0.4, 0.5) is 0 Å². The number of carbonyl (C=O) groups is 1. The molecule has 5 nitrogen and oxygen atoms in total. The van der Waals surface area contributed by atoms with Gasteiger partial charge in [0, 0.05) is 18.9 Å². The maximum absolute atomic E-state index is 11.9. The third-order valence-corrected chi connectivity index (χ3v) is 4.38. The fourth-order valence-electron chi connectivity index (χ4n) is 2.01. The van der Waals surface area contributed by atoms with Crippen LogP contribution in [0.3, 0.4) is 0 Å². The summed E-state index contributed by atoms with van der Waals surface area (Å²) < 4.78 is 1.99. The van der Waals surface area contributed by atoms with Gasteiger partial charge in [0.15, 0.2) is 5.16 Å². The minimum atomic E-state index is -0.710. The Kier molecular flexibility index (Phi) is 4.15. The van der Waals surface area contributed by atoms with Gasteiger partial charge < -0.3 is 9.88 Å². The Labute approximate surface area is 117 Å². The normalized spacial score (nSPS) is 17.5. The molecule has 102 valence electrons. The number of rotatable bonds is 6. The lowest BCUT2D eigenvalue weighted by Gasteiger charge is -2.22. The molecule has 1 fully saturated rings. The molecule has 0 saturated heterocycles. The van der Waals surface area contributed by atoms with Crippen molar-refractivity contribution in [2.24, 2.45) is 5.92 Å². The van der Waals surface area contributed by atoms with Crippen LogP contribution >= 0.6 is 11.8 Å². The summed E-state index contributed by atoms with van der Waals surface area (Å²) in [7, 11) is 0. The van der Waals surface area contributed by atoms with Crippen molar-refractivity contribution in [3.8, 4) is 6.07 Å². The predicted molar refractivity (Wildman–Crippen MR) is 73.5 cm³/mol. The molecular weight excluding hydrogens is 260 g/mol. The van der Waals surface area contributed by atoms with Crippen LogP contribution in [0.2, 0.25) is 0 Å². The van der Waals surface area contributed by atoms with E-state index in [0.29, 0.717) is 11.7 Å². The van der Waals surface area contributed by atoms with Gasteiger partial charge in [-0.05, 0) is 32.6 Å². The highest BCUT2D eigenvalue weighted by Gasteiger charge is 2.42. The molecule has 0 spiro atoms. The number of hydrogen-bond acceptors (Lipinski definition) is 4. The van der Waals surface area contributed by atoms with Crippen molar-refractivity contribution >= 4 is 17.7 Å². The van der Waals surface area contributed by atoms with Gasteiger partial charge in [-0.15, -0.1) is 0 Å². The van der Waals surface area contributed by atoms with Gasteiger partial charge in [-0.1, -0.05) is 11.8 Å². The predicted octanol–water partition coefficient (Wildman–Crippen LogP) is 1.80. The van der Waals surface area contributed by atoms with Crippen molar-refractivity contribution in [2.45, 2.75) is 43.9 Å². The van der Waals surface area contributed by atoms with Gasteiger partial charge in [0.1, 0.15) is 5.54 Å². The van der Waals surface area contributed by atoms with E-state index in [9.17, 15) is 10.1 Å². The summed E-state index contributed by atoms with van der Waals surface area (Å²) in [6, 6.07) is 2.22. The molecule has 1 atom stereocenters. The topological polar surface area (TPSA) is 70.7 Å². The maximum atomic E-state index is 11.9. The smallest absolute Gasteiger partial charge is 0.231 e. The quantitative estimate of drug-likeness (QED) is 0.806. The van der Waals surface area contributed by atoms with Crippen molar-refractivity contribution in [3.05, 3.63) is 12.4 Å². The van der Waals surface area contributed by atoms with Gasteiger partial charge in [0.2, 0.25) is 5.91 Å². The van der Waals surface area contributed by atoms with Crippen LogP contribution in [0.5, 0.6) is 0 Å². The van der Waals surface area contributed by atoms with Crippen molar-refractivity contribution in [1.29, 1.82) is 5.26 Å². The zero-order chi connectivity index (χ0) is 13.9. The van der Waals surface area contributed by atoms with Crippen molar-refractivity contribution in [3.63, 3.8) is 0 Å². The van der Waals surface area contributed by atoms with Crippen molar-refractivity contribution < 1.29 is 4.79 Å². The molecule has 6 heteroatoms. The number of amides is 1. The molecule has 0 radical (unpaired) electrons. The zero-order valence-corrected chi connectivity index (χ0v) is 12.0. The number of hydrogen-bond donors (Lipinski definition) is 1. The summed E-state index contributed by atoms with van der Waals surface area (Å²) in [6.07, 6.45) is 5.67. The van der Waals surface area contributed by atoms with Gasteiger partial charge in [0.05, 0.1) is 11.8 Å². The van der Waals surface area contributed by atoms with Gasteiger partial charge in [-0.2, -0.15) is 5.26 Å². The minimum absolute atomic E-state index is 0.105. The van der Waals surface area contributed by atoms with E-state index in [1.165, 1.54) is 11.8 Å². The summed E-state index contributed by atoms with van der Waals surface area (Å²) >= 11 is 1.40. The highest BCUT2D eigenvalue weighted by Crippen LogP contribution is 2.39. The van der Waals surface area contributed by atoms with E-state index in [4.69, 9.17) is 0 Å². The maximum Gasteiger partial charge on any atom is 0.231 e. The van der Waals surface area contributed by atoms with Crippen LogP contribution in [-0.4, -0.2) is 26.8 Å². The first-order chi connectivity index (χ1) is 9.09. The largest absolute Gasteiger partial charge is 0.337 e. The Bertz CT molecular complexity index is 503. The molecule has 1 unspecified atom stereocenters. The average Bonchev–Trinajstić information content (AvgIpc) is 3.16. The number of aryl methyl sites for hydroxylation is 1. The van der Waals surface area contributed by atoms with E-state index in [-0.39, 0.29) is 5.91 Å². The fourth-order valence-corrected chi connectivity index (χ4v) is 2.84. The van der Waals surface area contributed by atoms with Crippen LogP contribution in [0, 0.1) is 17.2 Å². The monoisotopic (exact) mass is 278 g/mol. The molecule has 1 aliphatic carbocycles. The van der Waals surface area contributed by atoms with Crippen LogP contribution in [0.15, 0.2) is 17.6 Å². The highest BCUT2D eigenvalue weighted by molar-refractivity contribution is 7.99. The Hall–Kier alpha value is -1.48. The Morgan fingerprint density at radius 2 is 2.47 bits per heavy atom. The highest BCUT2D eigenvalue weighted by atomic mass is 32.2. The lowest BCUT2D eigenvalue weighted by Crippen LogP contribution is -2.47.